The Bertz CT molecular complexity index is 1230. The molecule has 0 atom stereocenters. The van der Waals surface area contributed by atoms with Crippen molar-refractivity contribution in [3.05, 3.63) is 107 Å². The van der Waals surface area contributed by atoms with Gasteiger partial charge in [-0.1, -0.05) is 54.6 Å². The number of nitrogens with zero attached hydrogens (tertiary/aromatic N) is 1. The highest BCUT2D eigenvalue weighted by Crippen LogP contribution is 2.29. The van der Waals surface area contributed by atoms with Gasteiger partial charge in [-0.25, -0.2) is 4.90 Å². The van der Waals surface area contributed by atoms with Crippen LogP contribution >= 0.6 is 0 Å². The first kappa shape index (κ1) is 19.0. The molecule has 3 aromatic rings. The average Bonchev–Trinajstić information content (AvgIpc) is 3.02. The summed E-state index contributed by atoms with van der Waals surface area (Å²) in [6, 6.07) is 19.1. The fourth-order valence-corrected chi connectivity index (χ4v) is 3.24. The average molecular weight is 396 g/mol. The van der Waals surface area contributed by atoms with Gasteiger partial charge in [-0.3, -0.25) is 14.4 Å². The molecule has 30 heavy (non-hydrogen) atoms. The lowest BCUT2D eigenvalue weighted by molar-refractivity contribution is -0.255. The number of fused-ring (bicyclic) bond motifs is 1. The molecule has 0 bridgehead atoms. The highest BCUT2D eigenvalue weighted by molar-refractivity contribution is 6.34. The summed E-state index contributed by atoms with van der Waals surface area (Å²) in [6.07, 6.45) is 3.02. The molecule has 0 aliphatic carbocycles. The second-order valence-electron chi connectivity index (χ2n) is 6.65. The first-order chi connectivity index (χ1) is 14.5. The van der Waals surface area contributed by atoms with Crippen molar-refractivity contribution >= 4 is 35.3 Å². The van der Waals surface area contributed by atoms with E-state index in [-0.39, 0.29) is 22.5 Å². The molecule has 0 radical (unpaired) electrons. The molecule has 0 aromatic heterocycles. The van der Waals surface area contributed by atoms with Crippen LogP contribution in [0.15, 0.2) is 78.9 Å². The van der Waals surface area contributed by atoms with Gasteiger partial charge in [0.05, 0.1) is 22.8 Å². The van der Waals surface area contributed by atoms with E-state index in [4.69, 9.17) is 0 Å². The number of aromatic carboxylic acids is 1. The van der Waals surface area contributed by atoms with Crippen LogP contribution in [0.3, 0.4) is 0 Å². The van der Waals surface area contributed by atoms with Crippen molar-refractivity contribution in [2.24, 2.45) is 0 Å². The first-order valence-electron chi connectivity index (χ1n) is 9.07. The smallest absolute Gasteiger partial charge is 0.266 e. The van der Waals surface area contributed by atoms with E-state index in [2.05, 4.69) is 0 Å². The van der Waals surface area contributed by atoms with Crippen LogP contribution in [0.4, 0.5) is 5.69 Å². The van der Waals surface area contributed by atoms with Gasteiger partial charge in [0, 0.05) is 5.56 Å². The van der Waals surface area contributed by atoms with Gasteiger partial charge in [0.1, 0.15) is 0 Å². The molecule has 4 rings (SSSR count). The van der Waals surface area contributed by atoms with Crippen molar-refractivity contribution in [2.75, 3.05) is 4.90 Å². The lowest BCUT2D eigenvalue weighted by atomic mass is 10.1. The molecule has 0 fully saturated rings. The van der Waals surface area contributed by atoms with Crippen LogP contribution in [-0.4, -0.2) is 23.6 Å². The molecule has 146 valence electrons. The molecule has 1 aliphatic rings. The maximum absolute atomic E-state index is 12.8. The van der Waals surface area contributed by atoms with Crippen LogP contribution < -0.4 is 10.0 Å². The predicted molar refractivity (Wildman–Crippen MR) is 108 cm³/mol. The molecule has 0 saturated heterocycles. The zero-order valence-electron chi connectivity index (χ0n) is 15.6. The van der Waals surface area contributed by atoms with E-state index >= 15 is 0 Å². The number of hydrogen-bond acceptors (Lipinski definition) is 5. The first-order valence-corrected chi connectivity index (χ1v) is 9.07. The third-order valence-electron chi connectivity index (χ3n) is 4.74. The summed E-state index contributed by atoms with van der Waals surface area (Å²) in [5.74, 6) is -2.75. The minimum absolute atomic E-state index is 0.0156. The summed E-state index contributed by atoms with van der Waals surface area (Å²) in [6.45, 7) is 0. The lowest BCUT2D eigenvalue weighted by Crippen LogP contribution is -2.29. The molecular formula is C24H14NO5-. The SMILES string of the molecule is O=C([O-])c1ccc2c(c1)C(=O)N(c1cccc(/C=C/C(=O)c3ccccc3)c1)C2=O. The molecule has 1 heterocycles. The van der Waals surface area contributed by atoms with Gasteiger partial charge in [-0.2, -0.15) is 0 Å². The molecule has 1 aliphatic heterocycles. The van der Waals surface area contributed by atoms with Gasteiger partial charge >= 0.3 is 0 Å². The van der Waals surface area contributed by atoms with Gasteiger partial charge in [0.2, 0.25) is 0 Å². The molecule has 6 heteroatoms. The fraction of sp³-hybridized carbons (Fsp3) is 0. The van der Waals surface area contributed by atoms with E-state index in [1.807, 2.05) is 6.07 Å². The van der Waals surface area contributed by atoms with E-state index in [0.717, 1.165) is 11.0 Å². The topological polar surface area (TPSA) is 94.6 Å². The van der Waals surface area contributed by atoms with Crippen LogP contribution in [0.25, 0.3) is 6.08 Å². The minimum Gasteiger partial charge on any atom is -0.545 e. The number of carboxylic acid groups (broad SMARTS) is 1. The Morgan fingerprint density at radius 1 is 0.767 bits per heavy atom. The summed E-state index contributed by atoms with van der Waals surface area (Å²) in [5, 5.41) is 11.1. The Labute approximate surface area is 171 Å². The molecule has 0 spiro atoms. The van der Waals surface area contributed by atoms with Gasteiger partial charge in [0.25, 0.3) is 11.8 Å². The van der Waals surface area contributed by atoms with Crippen molar-refractivity contribution in [3.63, 3.8) is 0 Å². The quantitative estimate of drug-likeness (QED) is 0.375. The highest BCUT2D eigenvalue weighted by Gasteiger charge is 2.36. The van der Waals surface area contributed by atoms with Crippen LogP contribution in [0.2, 0.25) is 0 Å². The van der Waals surface area contributed by atoms with E-state index < -0.39 is 17.8 Å². The fourth-order valence-electron chi connectivity index (χ4n) is 3.24. The molecule has 0 N–H and O–H groups in total. The number of benzene rings is 3. The normalized spacial score (nSPS) is 13.0. The van der Waals surface area contributed by atoms with Crippen molar-refractivity contribution in [1.29, 1.82) is 0 Å². The van der Waals surface area contributed by atoms with E-state index in [9.17, 15) is 24.3 Å². The number of carboxylic acids is 1. The molecule has 3 aromatic carbocycles. The van der Waals surface area contributed by atoms with E-state index in [1.165, 1.54) is 18.2 Å². The van der Waals surface area contributed by atoms with Gasteiger partial charge in [-0.05, 0) is 41.5 Å². The molecule has 0 unspecified atom stereocenters. The van der Waals surface area contributed by atoms with Gasteiger partial charge in [0.15, 0.2) is 5.78 Å². The van der Waals surface area contributed by atoms with Crippen LogP contribution in [0, 0.1) is 0 Å². The summed E-state index contributed by atoms with van der Waals surface area (Å²) in [5.41, 5.74) is 1.48. The number of amides is 2. The number of ketones is 1. The minimum atomic E-state index is -1.42. The number of carbonyl (C=O) groups excluding carboxylic acids is 4. The number of imide groups is 1. The lowest BCUT2D eigenvalue weighted by Gasteiger charge is -2.14. The zero-order chi connectivity index (χ0) is 21.3. The maximum Gasteiger partial charge on any atom is 0.266 e. The number of hydrogen-bond donors (Lipinski definition) is 0. The predicted octanol–water partition coefficient (Wildman–Crippen LogP) is 2.75. The van der Waals surface area contributed by atoms with Crippen molar-refractivity contribution in [3.8, 4) is 0 Å². The summed E-state index contributed by atoms with van der Waals surface area (Å²) >= 11 is 0. The molecule has 2 amide bonds. The Hall–Kier alpha value is -4.32. The van der Waals surface area contributed by atoms with Gasteiger partial charge < -0.3 is 9.90 Å². The van der Waals surface area contributed by atoms with Crippen LogP contribution in [0.5, 0.6) is 0 Å². The standard InChI is InChI=1S/C24H15NO5/c26-21(16-6-2-1-3-7-16)12-9-15-5-4-8-18(13-15)25-22(27)19-11-10-17(24(29)30)14-20(19)23(25)28/h1-14H,(H,29,30)/p-1/b12-9+. The van der Waals surface area contributed by atoms with Crippen molar-refractivity contribution < 1.29 is 24.3 Å². The highest BCUT2D eigenvalue weighted by atomic mass is 16.4. The monoisotopic (exact) mass is 396 g/mol. The molecule has 0 saturated carbocycles. The third-order valence-corrected chi connectivity index (χ3v) is 4.74. The zero-order valence-corrected chi connectivity index (χ0v) is 15.6. The van der Waals surface area contributed by atoms with Crippen molar-refractivity contribution in [2.45, 2.75) is 0 Å². The van der Waals surface area contributed by atoms with Gasteiger partial charge in [-0.15, -0.1) is 0 Å². The largest absolute Gasteiger partial charge is 0.545 e. The number of rotatable bonds is 5. The number of anilines is 1. The Balaban J connectivity index is 1.62. The van der Waals surface area contributed by atoms with Crippen molar-refractivity contribution in [1.82, 2.24) is 0 Å². The summed E-state index contributed by atoms with van der Waals surface area (Å²) in [7, 11) is 0. The Morgan fingerprint density at radius 2 is 1.50 bits per heavy atom. The Morgan fingerprint density at radius 3 is 2.23 bits per heavy atom. The Kier molecular flexibility index (Phi) is 4.82. The van der Waals surface area contributed by atoms with Crippen LogP contribution in [-0.2, 0) is 0 Å². The second-order valence-corrected chi connectivity index (χ2v) is 6.65. The number of allylic oxidation sites excluding steroid dienone is 1. The molecule has 6 nitrogen and oxygen atoms in total. The second kappa shape index (κ2) is 7.60. The molecular weight excluding hydrogens is 382 g/mol. The number of carbonyl (C=O) groups is 4. The van der Waals surface area contributed by atoms with E-state index in [1.54, 1.807) is 54.6 Å². The van der Waals surface area contributed by atoms with E-state index in [0.29, 0.717) is 16.8 Å². The summed E-state index contributed by atoms with van der Waals surface area (Å²) in [4.78, 5) is 49.8. The van der Waals surface area contributed by atoms with Crippen LogP contribution in [0.1, 0.15) is 47.0 Å². The maximum atomic E-state index is 12.8. The summed E-state index contributed by atoms with van der Waals surface area (Å²) < 4.78 is 0. The third kappa shape index (κ3) is 3.42.